The molecule has 0 saturated heterocycles. The van der Waals surface area contributed by atoms with Crippen molar-refractivity contribution < 1.29 is 13.9 Å². The van der Waals surface area contributed by atoms with Crippen LogP contribution in [0, 0.1) is 12.7 Å². The lowest BCUT2D eigenvalue weighted by atomic mass is 10.1. The van der Waals surface area contributed by atoms with Crippen LogP contribution in [0.25, 0.3) is 10.9 Å². The first kappa shape index (κ1) is 22.2. The minimum Gasteiger partial charge on any atom is -0.484 e. The molecular weight excluding hydrogens is 421 g/mol. The maximum Gasteiger partial charge on any atom is 0.257 e. The van der Waals surface area contributed by atoms with E-state index in [1.54, 1.807) is 41.1 Å². The Kier molecular flexibility index (Phi) is 6.78. The number of pyridine rings is 2. The molecule has 0 aliphatic carbocycles. The Labute approximate surface area is 190 Å². The van der Waals surface area contributed by atoms with Gasteiger partial charge in [-0.05, 0) is 54.4 Å². The second-order valence-corrected chi connectivity index (χ2v) is 7.77. The highest BCUT2D eigenvalue weighted by Crippen LogP contribution is 2.23. The van der Waals surface area contributed by atoms with E-state index < -0.39 is 0 Å². The summed E-state index contributed by atoms with van der Waals surface area (Å²) in [7, 11) is 0. The molecule has 0 atom stereocenters. The molecule has 0 aliphatic heterocycles. The Balaban J connectivity index is 1.47. The summed E-state index contributed by atoms with van der Waals surface area (Å²) in [6, 6.07) is 18.8. The zero-order chi connectivity index (χ0) is 23.2. The predicted octanol–water partition coefficient (Wildman–Crippen LogP) is 3.63. The third kappa shape index (κ3) is 5.63. The van der Waals surface area contributed by atoms with E-state index in [1.807, 2.05) is 31.2 Å². The van der Waals surface area contributed by atoms with Crippen molar-refractivity contribution >= 4 is 16.8 Å². The number of benzene rings is 2. The van der Waals surface area contributed by atoms with Crippen LogP contribution in [0.4, 0.5) is 4.39 Å². The van der Waals surface area contributed by atoms with Gasteiger partial charge in [0.1, 0.15) is 11.6 Å². The molecule has 1 amide bonds. The fourth-order valence-electron chi connectivity index (χ4n) is 3.67. The minimum atomic E-state index is -0.352. The average molecular weight is 445 g/mol. The second-order valence-electron chi connectivity index (χ2n) is 7.77. The number of rotatable bonds is 8. The van der Waals surface area contributed by atoms with E-state index in [9.17, 15) is 14.0 Å². The SMILES string of the molecule is Cc1cc(=O)n(Cc2cccc(F)c2)c2cc(OCC(=O)NCCc3ccccn3)ccc12. The molecule has 0 radical (unpaired) electrons. The van der Waals surface area contributed by atoms with E-state index in [1.165, 1.54) is 12.1 Å². The van der Waals surface area contributed by atoms with Gasteiger partial charge in [-0.15, -0.1) is 0 Å². The molecule has 0 fully saturated rings. The molecule has 168 valence electrons. The van der Waals surface area contributed by atoms with Crippen molar-refractivity contribution in [1.82, 2.24) is 14.9 Å². The maximum atomic E-state index is 13.6. The molecule has 0 saturated carbocycles. The van der Waals surface area contributed by atoms with Gasteiger partial charge >= 0.3 is 0 Å². The predicted molar refractivity (Wildman–Crippen MR) is 125 cm³/mol. The largest absolute Gasteiger partial charge is 0.484 e. The number of nitrogens with zero attached hydrogens (tertiary/aromatic N) is 2. The van der Waals surface area contributed by atoms with Gasteiger partial charge in [0, 0.05) is 42.4 Å². The van der Waals surface area contributed by atoms with Gasteiger partial charge in [0.15, 0.2) is 6.61 Å². The number of aryl methyl sites for hydroxylation is 1. The van der Waals surface area contributed by atoms with Crippen LogP contribution >= 0.6 is 0 Å². The minimum absolute atomic E-state index is 0.145. The first-order valence-electron chi connectivity index (χ1n) is 10.7. The molecule has 0 bridgehead atoms. The zero-order valence-corrected chi connectivity index (χ0v) is 18.3. The van der Waals surface area contributed by atoms with E-state index in [-0.39, 0.29) is 30.4 Å². The smallest absolute Gasteiger partial charge is 0.257 e. The van der Waals surface area contributed by atoms with E-state index in [2.05, 4.69) is 10.3 Å². The lowest BCUT2D eigenvalue weighted by Crippen LogP contribution is -2.30. The van der Waals surface area contributed by atoms with Crippen LogP contribution in [0.2, 0.25) is 0 Å². The number of carbonyl (C=O) groups is 1. The summed E-state index contributed by atoms with van der Waals surface area (Å²) in [4.78, 5) is 29.1. The molecule has 2 heterocycles. The summed E-state index contributed by atoms with van der Waals surface area (Å²) in [6.07, 6.45) is 2.35. The van der Waals surface area contributed by atoms with Crippen LogP contribution in [0.5, 0.6) is 5.75 Å². The van der Waals surface area contributed by atoms with E-state index in [0.29, 0.717) is 29.8 Å². The quantitative estimate of drug-likeness (QED) is 0.450. The van der Waals surface area contributed by atoms with Crippen LogP contribution < -0.4 is 15.6 Å². The van der Waals surface area contributed by atoms with Gasteiger partial charge in [-0.3, -0.25) is 14.6 Å². The summed E-state index contributed by atoms with van der Waals surface area (Å²) in [5.74, 6) is -0.122. The first-order chi connectivity index (χ1) is 16.0. The van der Waals surface area contributed by atoms with Gasteiger partial charge < -0.3 is 14.6 Å². The zero-order valence-electron chi connectivity index (χ0n) is 18.3. The molecule has 7 heteroatoms. The monoisotopic (exact) mass is 445 g/mol. The number of aromatic nitrogens is 2. The topological polar surface area (TPSA) is 73.2 Å². The van der Waals surface area contributed by atoms with Crippen molar-refractivity contribution in [1.29, 1.82) is 0 Å². The molecule has 6 nitrogen and oxygen atoms in total. The van der Waals surface area contributed by atoms with Crippen molar-refractivity contribution in [3.8, 4) is 5.75 Å². The number of nitrogens with one attached hydrogen (secondary N) is 1. The third-order valence-corrected chi connectivity index (χ3v) is 5.32. The van der Waals surface area contributed by atoms with E-state index >= 15 is 0 Å². The van der Waals surface area contributed by atoms with Gasteiger partial charge in [-0.1, -0.05) is 18.2 Å². The van der Waals surface area contributed by atoms with E-state index in [0.717, 1.165) is 16.6 Å². The fraction of sp³-hybridized carbons (Fsp3) is 0.192. The van der Waals surface area contributed by atoms with Gasteiger partial charge in [0.2, 0.25) is 0 Å². The second kappa shape index (κ2) is 10.1. The van der Waals surface area contributed by atoms with Crippen molar-refractivity contribution in [2.75, 3.05) is 13.2 Å². The number of ether oxygens (including phenoxy) is 1. The van der Waals surface area contributed by atoms with Crippen molar-refractivity contribution in [2.45, 2.75) is 19.9 Å². The molecule has 0 aliphatic rings. The number of hydrogen-bond acceptors (Lipinski definition) is 4. The lowest BCUT2D eigenvalue weighted by Gasteiger charge is -2.14. The normalized spacial score (nSPS) is 10.8. The fourth-order valence-corrected chi connectivity index (χ4v) is 3.67. The molecule has 0 unspecified atom stereocenters. The first-order valence-corrected chi connectivity index (χ1v) is 10.7. The van der Waals surface area contributed by atoms with Gasteiger partial charge in [-0.2, -0.15) is 0 Å². The highest BCUT2D eigenvalue weighted by molar-refractivity contribution is 5.84. The molecule has 4 aromatic rings. The summed E-state index contributed by atoms with van der Waals surface area (Å²) in [6.45, 7) is 2.41. The number of halogens is 1. The van der Waals surface area contributed by atoms with Crippen LogP contribution in [0.15, 0.2) is 77.7 Å². The molecule has 2 aromatic heterocycles. The maximum absolute atomic E-state index is 13.6. The summed E-state index contributed by atoms with van der Waals surface area (Å²) in [5, 5.41) is 3.70. The number of amides is 1. The lowest BCUT2D eigenvalue weighted by molar-refractivity contribution is -0.123. The van der Waals surface area contributed by atoms with Crippen molar-refractivity contribution in [2.24, 2.45) is 0 Å². The molecular formula is C26H24FN3O3. The summed E-state index contributed by atoms with van der Waals surface area (Å²) >= 11 is 0. The van der Waals surface area contributed by atoms with Crippen LogP contribution in [-0.2, 0) is 17.8 Å². The van der Waals surface area contributed by atoms with Crippen molar-refractivity contribution in [3.63, 3.8) is 0 Å². The number of fused-ring (bicyclic) bond motifs is 1. The molecule has 4 rings (SSSR count). The Morgan fingerprint density at radius 1 is 1.09 bits per heavy atom. The molecule has 1 N–H and O–H groups in total. The third-order valence-electron chi connectivity index (χ3n) is 5.32. The van der Waals surface area contributed by atoms with Crippen LogP contribution in [-0.4, -0.2) is 28.6 Å². The van der Waals surface area contributed by atoms with E-state index in [4.69, 9.17) is 4.74 Å². The van der Waals surface area contributed by atoms with Crippen LogP contribution in [0.1, 0.15) is 16.8 Å². The van der Waals surface area contributed by atoms with Gasteiger partial charge in [0.05, 0.1) is 12.1 Å². The highest BCUT2D eigenvalue weighted by atomic mass is 19.1. The van der Waals surface area contributed by atoms with Gasteiger partial charge in [-0.25, -0.2) is 4.39 Å². The number of carbonyl (C=O) groups excluding carboxylic acids is 1. The Bertz CT molecular complexity index is 1340. The molecule has 33 heavy (non-hydrogen) atoms. The van der Waals surface area contributed by atoms with Gasteiger partial charge in [0.25, 0.3) is 11.5 Å². The number of hydrogen-bond donors (Lipinski definition) is 1. The highest BCUT2D eigenvalue weighted by Gasteiger charge is 2.10. The molecule has 0 spiro atoms. The summed E-state index contributed by atoms with van der Waals surface area (Å²) in [5.41, 5.74) is 2.90. The Morgan fingerprint density at radius 3 is 2.76 bits per heavy atom. The standard InChI is InChI=1S/C26H24FN3O3/c1-18-13-26(32)30(16-19-5-4-6-20(27)14-19)24-15-22(8-9-23(18)24)33-17-25(31)29-12-10-21-7-2-3-11-28-21/h2-9,11,13-15H,10,12,16-17H2,1H3,(H,29,31). The Morgan fingerprint density at radius 2 is 1.97 bits per heavy atom. The molecule has 2 aromatic carbocycles. The Hall–Kier alpha value is -4.00. The van der Waals surface area contributed by atoms with Crippen molar-refractivity contribution in [3.05, 3.63) is 106 Å². The van der Waals surface area contributed by atoms with Crippen LogP contribution in [0.3, 0.4) is 0 Å². The summed E-state index contributed by atoms with van der Waals surface area (Å²) < 4.78 is 20.9. The average Bonchev–Trinajstić information content (AvgIpc) is 2.81.